The highest BCUT2D eigenvalue weighted by atomic mass is 35.5. The van der Waals surface area contributed by atoms with Crippen LogP contribution in [0, 0.1) is 0 Å². The average molecular weight is 253 g/mol. The zero-order valence-corrected chi connectivity index (χ0v) is 9.80. The molecular formula is C13H13ClO3. The van der Waals surface area contributed by atoms with E-state index < -0.39 is 12.2 Å². The fourth-order valence-corrected chi connectivity index (χ4v) is 1.91. The summed E-state index contributed by atoms with van der Waals surface area (Å²) < 4.78 is 0. The smallest absolute Gasteiger partial charge is 0.116 e. The Morgan fingerprint density at radius 1 is 1.00 bits per heavy atom. The van der Waals surface area contributed by atoms with Gasteiger partial charge in [-0.05, 0) is 34.5 Å². The highest BCUT2D eigenvalue weighted by molar-refractivity contribution is 6.18. The molecule has 4 heteroatoms. The minimum absolute atomic E-state index is 0.0191. The van der Waals surface area contributed by atoms with Crippen LogP contribution in [-0.2, 0) is 0 Å². The SMILES string of the molecule is Oc1ccc2cc(C(O)C(O)CCl)ccc2c1. The summed E-state index contributed by atoms with van der Waals surface area (Å²) in [6.45, 7) is 0. The standard InChI is InChI=1S/C13H13ClO3/c14-7-12(16)13(17)10-2-1-9-6-11(15)4-3-8(9)5-10/h1-6,12-13,15-17H,7H2. The van der Waals surface area contributed by atoms with Crippen molar-refractivity contribution in [3.05, 3.63) is 42.0 Å². The third-order valence-corrected chi connectivity index (χ3v) is 3.03. The molecule has 0 aliphatic carbocycles. The van der Waals surface area contributed by atoms with Crippen molar-refractivity contribution in [1.29, 1.82) is 0 Å². The number of aliphatic hydroxyl groups is 2. The molecule has 0 radical (unpaired) electrons. The minimum Gasteiger partial charge on any atom is -0.508 e. The van der Waals surface area contributed by atoms with Crippen LogP contribution in [-0.4, -0.2) is 27.3 Å². The Morgan fingerprint density at radius 3 is 2.35 bits per heavy atom. The van der Waals surface area contributed by atoms with Gasteiger partial charge in [0.2, 0.25) is 0 Å². The lowest BCUT2D eigenvalue weighted by molar-refractivity contribution is 0.0328. The Hall–Kier alpha value is -1.29. The van der Waals surface area contributed by atoms with E-state index in [2.05, 4.69) is 0 Å². The summed E-state index contributed by atoms with van der Waals surface area (Å²) in [5, 5.41) is 30.4. The Labute approximate surface area is 104 Å². The molecule has 2 atom stereocenters. The van der Waals surface area contributed by atoms with Gasteiger partial charge in [-0.2, -0.15) is 0 Å². The predicted molar refractivity (Wildman–Crippen MR) is 67.3 cm³/mol. The predicted octanol–water partition coefficient (Wildman–Crippen LogP) is 2.18. The van der Waals surface area contributed by atoms with E-state index in [4.69, 9.17) is 11.6 Å². The van der Waals surface area contributed by atoms with E-state index in [9.17, 15) is 15.3 Å². The van der Waals surface area contributed by atoms with Crippen molar-refractivity contribution in [3.8, 4) is 5.75 Å². The second kappa shape index (κ2) is 4.92. The van der Waals surface area contributed by atoms with E-state index in [1.54, 1.807) is 36.4 Å². The molecule has 2 aromatic rings. The number of rotatable bonds is 3. The summed E-state index contributed by atoms with van der Waals surface area (Å²) in [7, 11) is 0. The molecule has 0 saturated heterocycles. The molecule has 90 valence electrons. The first-order chi connectivity index (χ1) is 8.11. The number of alkyl halides is 1. The van der Waals surface area contributed by atoms with Gasteiger partial charge >= 0.3 is 0 Å². The first-order valence-corrected chi connectivity index (χ1v) is 5.80. The van der Waals surface area contributed by atoms with E-state index in [-0.39, 0.29) is 11.6 Å². The molecule has 0 heterocycles. The molecule has 0 amide bonds. The van der Waals surface area contributed by atoms with Gasteiger partial charge in [0.1, 0.15) is 11.9 Å². The third kappa shape index (κ3) is 2.52. The maximum absolute atomic E-state index is 9.82. The molecule has 2 rings (SSSR count). The van der Waals surface area contributed by atoms with Crippen molar-refractivity contribution in [2.24, 2.45) is 0 Å². The number of phenolic OH excluding ortho intramolecular Hbond substituents is 1. The zero-order chi connectivity index (χ0) is 12.4. The van der Waals surface area contributed by atoms with Crippen LogP contribution in [0.2, 0.25) is 0 Å². The monoisotopic (exact) mass is 252 g/mol. The second-order valence-electron chi connectivity index (χ2n) is 3.96. The molecule has 3 nitrogen and oxygen atoms in total. The quantitative estimate of drug-likeness (QED) is 0.734. The van der Waals surface area contributed by atoms with E-state index in [1.165, 1.54) is 0 Å². The lowest BCUT2D eigenvalue weighted by atomic mass is 10.0. The van der Waals surface area contributed by atoms with Crippen molar-refractivity contribution in [2.75, 3.05) is 5.88 Å². The summed E-state index contributed by atoms with van der Waals surface area (Å²) >= 11 is 5.49. The molecule has 0 bridgehead atoms. The molecule has 0 aliphatic heterocycles. The van der Waals surface area contributed by atoms with E-state index in [0.717, 1.165) is 10.8 Å². The van der Waals surface area contributed by atoms with Crippen molar-refractivity contribution >= 4 is 22.4 Å². The van der Waals surface area contributed by atoms with Crippen molar-refractivity contribution < 1.29 is 15.3 Å². The molecule has 2 unspecified atom stereocenters. The van der Waals surface area contributed by atoms with Crippen LogP contribution in [0.5, 0.6) is 5.75 Å². The topological polar surface area (TPSA) is 60.7 Å². The van der Waals surface area contributed by atoms with Crippen LogP contribution in [0.15, 0.2) is 36.4 Å². The Morgan fingerprint density at radius 2 is 1.65 bits per heavy atom. The van der Waals surface area contributed by atoms with Gasteiger partial charge in [0, 0.05) is 0 Å². The minimum atomic E-state index is -0.995. The molecule has 2 aromatic carbocycles. The zero-order valence-electron chi connectivity index (χ0n) is 9.05. The van der Waals surface area contributed by atoms with Gasteiger partial charge in [0.25, 0.3) is 0 Å². The van der Waals surface area contributed by atoms with Crippen LogP contribution < -0.4 is 0 Å². The maximum atomic E-state index is 9.82. The summed E-state index contributed by atoms with van der Waals surface area (Å²) in [5.41, 5.74) is 0.608. The fraction of sp³-hybridized carbons (Fsp3) is 0.231. The Bertz CT molecular complexity index is 527. The van der Waals surface area contributed by atoms with Crippen LogP contribution in [0.1, 0.15) is 11.7 Å². The number of halogens is 1. The molecule has 0 saturated carbocycles. The summed E-state index contributed by atoms with van der Waals surface area (Å²) in [6, 6.07) is 10.2. The Balaban J connectivity index is 2.41. The molecule has 0 aromatic heterocycles. The lowest BCUT2D eigenvalue weighted by Gasteiger charge is -2.16. The van der Waals surface area contributed by atoms with Crippen LogP contribution in [0.25, 0.3) is 10.8 Å². The van der Waals surface area contributed by atoms with Crippen LogP contribution in [0.4, 0.5) is 0 Å². The summed E-state index contributed by atoms with van der Waals surface area (Å²) in [6.07, 6.45) is -1.98. The van der Waals surface area contributed by atoms with Gasteiger partial charge in [0.15, 0.2) is 0 Å². The van der Waals surface area contributed by atoms with Gasteiger partial charge < -0.3 is 15.3 Å². The molecule has 3 N–H and O–H groups in total. The van der Waals surface area contributed by atoms with Gasteiger partial charge in [-0.25, -0.2) is 0 Å². The van der Waals surface area contributed by atoms with Gasteiger partial charge in [0.05, 0.1) is 12.0 Å². The van der Waals surface area contributed by atoms with Crippen molar-refractivity contribution in [2.45, 2.75) is 12.2 Å². The van der Waals surface area contributed by atoms with Gasteiger partial charge in [-0.15, -0.1) is 11.6 Å². The fourth-order valence-electron chi connectivity index (χ4n) is 1.74. The highest BCUT2D eigenvalue weighted by Gasteiger charge is 2.17. The maximum Gasteiger partial charge on any atom is 0.116 e. The Kier molecular flexibility index (Phi) is 3.52. The number of fused-ring (bicyclic) bond motifs is 1. The lowest BCUT2D eigenvalue weighted by Crippen LogP contribution is -2.19. The number of hydrogen-bond donors (Lipinski definition) is 3. The number of benzene rings is 2. The first kappa shape index (κ1) is 12.2. The summed E-state index contributed by atoms with van der Waals surface area (Å²) in [5.74, 6) is 0.181. The molecule has 0 aliphatic rings. The average Bonchev–Trinajstić information content (AvgIpc) is 2.36. The summed E-state index contributed by atoms with van der Waals surface area (Å²) in [4.78, 5) is 0. The van der Waals surface area contributed by atoms with E-state index in [1.807, 2.05) is 0 Å². The highest BCUT2D eigenvalue weighted by Crippen LogP contribution is 2.25. The second-order valence-corrected chi connectivity index (χ2v) is 4.27. The first-order valence-electron chi connectivity index (χ1n) is 5.26. The molecule has 0 spiro atoms. The van der Waals surface area contributed by atoms with Crippen LogP contribution >= 0.6 is 11.6 Å². The number of aliphatic hydroxyl groups excluding tert-OH is 2. The number of phenols is 1. The normalized spacial score (nSPS) is 14.8. The molecule has 0 fully saturated rings. The van der Waals surface area contributed by atoms with Crippen LogP contribution in [0.3, 0.4) is 0 Å². The number of aromatic hydroxyl groups is 1. The van der Waals surface area contributed by atoms with Crippen molar-refractivity contribution in [1.82, 2.24) is 0 Å². The number of hydrogen-bond acceptors (Lipinski definition) is 3. The largest absolute Gasteiger partial charge is 0.508 e. The van der Waals surface area contributed by atoms with E-state index in [0.29, 0.717) is 5.56 Å². The molecular weight excluding hydrogens is 240 g/mol. The van der Waals surface area contributed by atoms with Gasteiger partial charge in [-0.3, -0.25) is 0 Å². The van der Waals surface area contributed by atoms with E-state index >= 15 is 0 Å². The van der Waals surface area contributed by atoms with Gasteiger partial charge in [-0.1, -0.05) is 18.2 Å². The third-order valence-electron chi connectivity index (χ3n) is 2.71. The van der Waals surface area contributed by atoms with Crippen molar-refractivity contribution in [3.63, 3.8) is 0 Å². The molecule has 17 heavy (non-hydrogen) atoms.